The fraction of sp³-hybridized carbons (Fsp3) is 0.240. The maximum atomic E-state index is 6.26. The molecule has 160 valence electrons. The predicted molar refractivity (Wildman–Crippen MR) is 129 cm³/mol. The molecule has 4 rings (SSSR count). The highest BCUT2D eigenvalue weighted by molar-refractivity contribution is 7.80. The first-order valence-corrected chi connectivity index (χ1v) is 11.2. The quantitative estimate of drug-likeness (QED) is 0.231. The molecule has 4 nitrogen and oxygen atoms in total. The Morgan fingerprint density at radius 2 is 1.90 bits per heavy atom. The second kappa shape index (κ2) is 9.77. The molecule has 0 fully saturated rings. The van der Waals surface area contributed by atoms with E-state index in [0.29, 0.717) is 11.6 Å². The molecule has 2 aromatic heterocycles. The zero-order valence-corrected chi connectivity index (χ0v) is 18.9. The highest BCUT2D eigenvalue weighted by Crippen LogP contribution is 2.40. The van der Waals surface area contributed by atoms with Gasteiger partial charge in [-0.05, 0) is 61.2 Å². The van der Waals surface area contributed by atoms with Gasteiger partial charge >= 0.3 is 0 Å². The van der Waals surface area contributed by atoms with E-state index < -0.39 is 0 Å². The van der Waals surface area contributed by atoms with E-state index in [4.69, 9.17) is 39.1 Å². The third-order valence-electron chi connectivity index (χ3n) is 5.42. The lowest BCUT2D eigenvalue weighted by Crippen LogP contribution is -2.12. The van der Waals surface area contributed by atoms with Crippen LogP contribution in [0.25, 0.3) is 11.0 Å². The number of furan rings is 1. The number of fused-ring (bicyclic) bond motifs is 1. The Bertz CT molecular complexity index is 1150. The number of thiol groups is 1. The number of hydrogen-bond donors (Lipinski definition) is 2. The Morgan fingerprint density at radius 3 is 2.65 bits per heavy atom. The molecule has 0 bridgehead atoms. The molecule has 0 aliphatic heterocycles. The lowest BCUT2D eigenvalue weighted by molar-refractivity contribution is 0.305. The van der Waals surface area contributed by atoms with Crippen molar-refractivity contribution in [1.29, 1.82) is 0 Å². The van der Waals surface area contributed by atoms with Crippen molar-refractivity contribution in [2.24, 2.45) is 5.73 Å². The number of ether oxygens (including phenoxy) is 1. The minimum Gasteiger partial charge on any atom is -0.493 e. The van der Waals surface area contributed by atoms with Crippen LogP contribution in [0.1, 0.15) is 46.6 Å². The van der Waals surface area contributed by atoms with E-state index in [0.717, 1.165) is 52.0 Å². The summed E-state index contributed by atoms with van der Waals surface area (Å²) in [7, 11) is 0. The molecular formula is C25H25ClN2O2S. The minimum absolute atomic E-state index is 0.0420. The Hall–Kier alpha value is -2.47. The largest absolute Gasteiger partial charge is 0.493 e. The molecule has 2 aromatic carbocycles. The van der Waals surface area contributed by atoms with E-state index in [1.54, 1.807) is 6.20 Å². The van der Waals surface area contributed by atoms with Crippen LogP contribution in [-0.2, 0) is 0 Å². The van der Waals surface area contributed by atoms with Gasteiger partial charge < -0.3 is 14.9 Å². The number of nitrogens with two attached hydrogens (primary N) is 1. The van der Waals surface area contributed by atoms with Crippen LogP contribution in [0.15, 0.2) is 71.4 Å². The second-order valence-electron chi connectivity index (χ2n) is 7.56. The molecule has 0 spiro atoms. The summed E-state index contributed by atoms with van der Waals surface area (Å²) >= 11 is 10.8. The number of rotatable bonds is 8. The van der Waals surface area contributed by atoms with Crippen molar-refractivity contribution in [3.05, 3.63) is 94.5 Å². The van der Waals surface area contributed by atoms with Crippen LogP contribution < -0.4 is 10.5 Å². The van der Waals surface area contributed by atoms with E-state index in [-0.39, 0.29) is 11.3 Å². The molecule has 0 radical (unpaired) electrons. The highest BCUT2D eigenvalue weighted by atomic mass is 35.5. The number of aryl methyl sites for hydroxylation is 1. The number of halogens is 1. The van der Waals surface area contributed by atoms with Gasteiger partial charge in [0.1, 0.15) is 17.1 Å². The monoisotopic (exact) mass is 452 g/mol. The van der Waals surface area contributed by atoms with Gasteiger partial charge in [-0.3, -0.25) is 4.98 Å². The van der Waals surface area contributed by atoms with Gasteiger partial charge in [0.05, 0.1) is 17.2 Å². The van der Waals surface area contributed by atoms with Crippen LogP contribution >= 0.6 is 24.2 Å². The van der Waals surface area contributed by atoms with Gasteiger partial charge in [0, 0.05) is 29.0 Å². The van der Waals surface area contributed by atoms with Gasteiger partial charge in [-0.15, -0.1) is 0 Å². The van der Waals surface area contributed by atoms with Gasteiger partial charge in [-0.25, -0.2) is 0 Å². The average molecular weight is 453 g/mol. The second-order valence-corrected chi connectivity index (χ2v) is 8.51. The zero-order chi connectivity index (χ0) is 21.8. The number of pyridine rings is 1. The maximum absolute atomic E-state index is 6.26. The Kier molecular flexibility index (Phi) is 6.86. The number of aromatic nitrogens is 1. The van der Waals surface area contributed by atoms with Crippen molar-refractivity contribution in [3.63, 3.8) is 0 Å². The van der Waals surface area contributed by atoms with E-state index >= 15 is 0 Å². The number of hydrogen-bond acceptors (Lipinski definition) is 5. The molecule has 2 N–H and O–H groups in total. The first-order valence-electron chi connectivity index (χ1n) is 10.3. The highest BCUT2D eigenvalue weighted by Gasteiger charge is 2.21. The van der Waals surface area contributed by atoms with Crippen molar-refractivity contribution < 1.29 is 9.15 Å². The smallest absolute Gasteiger partial charge is 0.138 e. The Labute approximate surface area is 192 Å². The molecule has 0 amide bonds. The third kappa shape index (κ3) is 4.90. The average Bonchev–Trinajstić information content (AvgIpc) is 3.14. The number of nitrogens with zero attached hydrogens (tertiary/aromatic N) is 1. The van der Waals surface area contributed by atoms with E-state index in [1.807, 2.05) is 67.7 Å². The van der Waals surface area contributed by atoms with Crippen molar-refractivity contribution in [3.8, 4) is 5.75 Å². The van der Waals surface area contributed by atoms with Crippen molar-refractivity contribution in [1.82, 2.24) is 4.98 Å². The summed E-state index contributed by atoms with van der Waals surface area (Å²) in [4.78, 5) is 4.13. The molecule has 6 heteroatoms. The molecule has 2 atom stereocenters. The van der Waals surface area contributed by atoms with E-state index in [9.17, 15) is 0 Å². The maximum Gasteiger partial charge on any atom is 0.138 e. The summed E-state index contributed by atoms with van der Waals surface area (Å²) in [6.45, 7) is 2.62. The van der Waals surface area contributed by atoms with E-state index in [2.05, 4.69) is 4.98 Å². The predicted octanol–water partition coefficient (Wildman–Crippen LogP) is 6.67. The van der Waals surface area contributed by atoms with Crippen molar-refractivity contribution >= 4 is 35.2 Å². The van der Waals surface area contributed by atoms with Gasteiger partial charge in [-0.1, -0.05) is 35.9 Å². The molecule has 2 unspecified atom stereocenters. The fourth-order valence-electron chi connectivity index (χ4n) is 3.71. The van der Waals surface area contributed by atoms with Gasteiger partial charge in [0.2, 0.25) is 0 Å². The molecule has 0 aliphatic carbocycles. The Balaban J connectivity index is 1.47. The van der Waals surface area contributed by atoms with Gasteiger partial charge in [-0.2, -0.15) is 12.6 Å². The molecule has 4 aromatic rings. The van der Waals surface area contributed by atoms with E-state index in [1.165, 1.54) is 0 Å². The normalized spacial score (nSPS) is 13.3. The summed E-state index contributed by atoms with van der Waals surface area (Å²) in [6.07, 6.45) is 5.24. The van der Waals surface area contributed by atoms with Crippen LogP contribution in [0.3, 0.4) is 0 Å². The minimum atomic E-state index is -0.185. The van der Waals surface area contributed by atoms with Crippen LogP contribution in [0.5, 0.6) is 5.75 Å². The van der Waals surface area contributed by atoms with Crippen LogP contribution in [-0.4, -0.2) is 11.6 Å². The summed E-state index contributed by atoms with van der Waals surface area (Å²) in [5.41, 5.74) is 10.2. The molecule has 0 aliphatic rings. The molecule has 0 saturated carbocycles. The SMILES string of the molecule is Cc1c(C(S)c2ccc(Cl)cc2)oc2cccc(OCCCC(N)c3cccnc3)c12. The number of benzene rings is 2. The van der Waals surface area contributed by atoms with Crippen molar-refractivity contribution in [2.75, 3.05) is 6.61 Å². The topological polar surface area (TPSA) is 61.3 Å². The van der Waals surface area contributed by atoms with Crippen LogP contribution in [0.4, 0.5) is 0 Å². The van der Waals surface area contributed by atoms with Crippen molar-refractivity contribution in [2.45, 2.75) is 31.1 Å². The lowest BCUT2D eigenvalue weighted by atomic mass is 10.0. The lowest BCUT2D eigenvalue weighted by Gasteiger charge is -2.12. The van der Waals surface area contributed by atoms with Crippen LogP contribution in [0.2, 0.25) is 5.02 Å². The summed E-state index contributed by atoms with van der Waals surface area (Å²) < 4.78 is 12.3. The van der Waals surface area contributed by atoms with Gasteiger partial charge in [0.25, 0.3) is 0 Å². The molecule has 31 heavy (non-hydrogen) atoms. The fourth-order valence-corrected chi connectivity index (χ4v) is 4.25. The first-order chi connectivity index (χ1) is 15.0. The summed E-state index contributed by atoms with van der Waals surface area (Å²) in [5.74, 6) is 1.63. The summed E-state index contributed by atoms with van der Waals surface area (Å²) in [5, 5.41) is 1.50. The molecule has 2 heterocycles. The van der Waals surface area contributed by atoms with Gasteiger partial charge in [0.15, 0.2) is 0 Å². The van der Waals surface area contributed by atoms with Crippen LogP contribution in [0, 0.1) is 6.92 Å². The zero-order valence-electron chi connectivity index (χ0n) is 17.3. The molecule has 0 saturated heterocycles. The first kappa shape index (κ1) is 21.8. The third-order valence-corrected chi connectivity index (χ3v) is 6.20. The summed E-state index contributed by atoms with van der Waals surface area (Å²) in [6, 6.07) is 17.4. The molecular weight excluding hydrogens is 428 g/mol. The Morgan fingerprint density at radius 1 is 1.10 bits per heavy atom. The standard InChI is InChI=1S/C25H25ClN2O2S/c1-16-23-21(29-14-4-6-20(27)18-5-3-13-28-15-18)7-2-8-22(23)30-24(16)25(31)17-9-11-19(26)12-10-17/h2-3,5,7-13,15,20,25,31H,4,6,14,27H2,1H3.